The normalized spacial score (nSPS) is 23.3. The minimum atomic E-state index is -0.480. The summed E-state index contributed by atoms with van der Waals surface area (Å²) in [6, 6.07) is 5.73. The van der Waals surface area contributed by atoms with Crippen LogP contribution in [0.4, 0.5) is 10.8 Å². The van der Waals surface area contributed by atoms with Crippen molar-refractivity contribution in [1.82, 2.24) is 4.98 Å². The lowest BCUT2D eigenvalue weighted by molar-refractivity contribution is -0.125. The van der Waals surface area contributed by atoms with Crippen LogP contribution in [0.2, 0.25) is 0 Å². The number of benzene rings is 1. The molecule has 1 N–H and O–H groups in total. The first kappa shape index (κ1) is 21.8. The lowest BCUT2D eigenvalue weighted by Crippen LogP contribution is -2.41. The number of nitrogens with one attached hydrogen (secondary N) is 1. The molecule has 6 nitrogen and oxygen atoms in total. The van der Waals surface area contributed by atoms with Gasteiger partial charge in [0.15, 0.2) is 11.2 Å². The first-order valence-electron chi connectivity index (χ1n) is 11.3. The summed E-state index contributed by atoms with van der Waals surface area (Å²) in [4.78, 5) is 31.2. The second-order valence-electron chi connectivity index (χ2n) is 8.73. The Kier molecular flexibility index (Phi) is 6.60. The number of thiazole rings is 1. The van der Waals surface area contributed by atoms with Crippen LogP contribution in [0.25, 0.3) is 11.3 Å². The van der Waals surface area contributed by atoms with E-state index in [1.165, 1.54) is 30.6 Å². The summed E-state index contributed by atoms with van der Waals surface area (Å²) in [6.45, 7) is 3.99. The molecule has 1 fully saturated rings. The van der Waals surface area contributed by atoms with Gasteiger partial charge in [-0.15, -0.1) is 11.3 Å². The first-order valence-corrected chi connectivity index (χ1v) is 12.2. The molecule has 2 aromatic rings. The quantitative estimate of drug-likeness (QED) is 0.643. The highest BCUT2D eigenvalue weighted by atomic mass is 32.1. The van der Waals surface area contributed by atoms with Gasteiger partial charge in [-0.3, -0.25) is 9.59 Å². The summed E-state index contributed by atoms with van der Waals surface area (Å²) in [5.74, 6) is 1.59. The highest BCUT2D eigenvalue weighted by Gasteiger charge is 2.29. The molecule has 2 aliphatic rings. The Hall–Kier alpha value is -2.41. The van der Waals surface area contributed by atoms with Gasteiger partial charge in [0.1, 0.15) is 5.75 Å². The fourth-order valence-electron chi connectivity index (χ4n) is 4.55. The monoisotopic (exact) mass is 441 g/mol. The minimum absolute atomic E-state index is 0.0692. The van der Waals surface area contributed by atoms with Crippen LogP contribution in [-0.2, 0) is 9.59 Å². The number of hydrogen-bond donors (Lipinski definition) is 1. The summed E-state index contributed by atoms with van der Waals surface area (Å²) in [6.07, 6.45) is 7.62. The fraction of sp³-hybridized carbons (Fsp3) is 0.542. The molecule has 166 valence electrons. The number of nitrogens with zero attached hydrogens (tertiary/aromatic N) is 2. The van der Waals surface area contributed by atoms with Gasteiger partial charge in [0.05, 0.1) is 11.4 Å². The maximum Gasteiger partial charge on any atom is 0.267 e. The number of hydrogen-bond acceptors (Lipinski definition) is 5. The van der Waals surface area contributed by atoms with E-state index in [2.05, 4.69) is 17.2 Å². The molecule has 1 aliphatic heterocycles. The molecule has 31 heavy (non-hydrogen) atoms. The molecule has 1 saturated carbocycles. The topological polar surface area (TPSA) is 71.5 Å². The lowest BCUT2D eigenvalue weighted by Gasteiger charge is -2.30. The van der Waals surface area contributed by atoms with Gasteiger partial charge in [-0.05, 0) is 56.7 Å². The highest BCUT2D eigenvalue weighted by Crippen LogP contribution is 2.38. The van der Waals surface area contributed by atoms with Gasteiger partial charge in [0.2, 0.25) is 5.91 Å². The predicted octanol–water partition coefficient (Wildman–Crippen LogP) is 5.49. The Balaban J connectivity index is 1.39. The molecule has 2 heterocycles. The van der Waals surface area contributed by atoms with Crippen LogP contribution in [-0.4, -0.2) is 29.9 Å². The van der Waals surface area contributed by atoms with Gasteiger partial charge in [-0.25, -0.2) is 4.98 Å². The zero-order valence-electron chi connectivity index (χ0n) is 18.5. The Bertz CT molecular complexity index is 949. The van der Waals surface area contributed by atoms with Crippen LogP contribution in [0.5, 0.6) is 5.75 Å². The summed E-state index contributed by atoms with van der Waals surface area (Å²) in [5.41, 5.74) is 2.41. The zero-order valence-corrected chi connectivity index (χ0v) is 19.3. The van der Waals surface area contributed by atoms with Crippen molar-refractivity contribution in [2.24, 2.45) is 11.8 Å². The zero-order chi connectivity index (χ0) is 22.0. The molecule has 1 atom stereocenters. The summed E-state index contributed by atoms with van der Waals surface area (Å²) in [5, 5.41) is 5.59. The summed E-state index contributed by atoms with van der Waals surface area (Å²) < 4.78 is 5.69. The van der Waals surface area contributed by atoms with E-state index in [0.717, 1.165) is 48.5 Å². The van der Waals surface area contributed by atoms with Crippen LogP contribution < -0.4 is 15.0 Å². The maximum atomic E-state index is 12.7. The van der Waals surface area contributed by atoms with Crippen LogP contribution in [0.1, 0.15) is 58.8 Å². The van der Waals surface area contributed by atoms with Gasteiger partial charge < -0.3 is 15.0 Å². The number of anilines is 2. The molecular formula is C24H31N3O3S. The van der Waals surface area contributed by atoms with Gasteiger partial charge in [-0.1, -0.05) is 26.2 Å². The van der Waals surface area contributed by atoms with Crippen LogP contribution in [0.3, 0.4) is 0 Å². The fourth-order valence-corrected chi connectivity index (χ4v) is 5.27. The highest BCUT2D eigenvalue weighted by molar-refractivity contribution is 7.14. The van der Waals surface area contributed by atoms with E-state index in [1.54, 1.807) is 18.9 Å². The van der Waals surface area contributed by atoms with Crippen molar-refractivity contribution in [1.29, 1.82) is 0 Å². The number of likely N-dealkylation sites (N-methyl/N-ethyl adjacent to an activating group) is 1. The van der Waals surface area contributed by atoms with Crippen LogP contribution >= 0.6 is 11.3 Å². The molecule has 0 bridgehead atoms. The number of aromatic nitrogens is 1. The minimum Gasteiger partial charge on any atom is -0.479 e. The lowest BCUT2D eigenvalue weighted by atomic mass is 9.79. The van der Waals surface area contributed by atoms with Gasteiger partial charge in [0.25, 0.3) is 5.91 Å². The molecule has 7 heteroatoms. The Morgan fingerprint density at radius 1 is 1.29 bits per heavy atom. The third kappa shape index (κ3) is 4.76. The van der Waals surface area contributed by atoms with E-state index in [0.29, 0.717) is 10.9 Å². The Morgan fingerprint density at radius 3 is 2.81 bits per heavy atom. The molecule has 0 saturated heterocycles. The second-order valence-corrected chi connectivity index (χ2v) is 9.58. The molecule has 1 aromatic heterocycles. The number of ether oxygens (including phenoxy) is 1. The molecule has 1 aliphatic carbocycles. The van der Waals surface area contributed by atoms with Crippen molar-refractivity contribution >= 4 is 34.0 Å². The smallest absolute Gasteiger partial charge is 0.267 e. The van der Waals surface area contributed by atoms with E-state index >= 15 is 0 Å². The van der Waals surface area contributed by atoms with Crippen LogP contribution in [0, 0.1) is 11.8 Å². The van der Waals surface area contributed by atoms with E-state index in [4.69, 9.17) is 4.74 Å². The molecule has 0 spiro atoms. The summed E-state index contributed by atoms with van der Waals surface area (Å²) >= 11 is 1.43. The van der Waals surface area contributed by atoms with E-state index in [1.807, 2.05) is 23.6 Å². The van der Waals surface area contributed by atoms with Crippen molar-refractivity contribution < 1.29 is 14.3 Å². The van der Waals surface area contributed by atoms with E-state index in [-0.39, 0.29) is 17.7 Å². The number of amides is 2. The van der Waals surface area contributed by atoms with Crippen molar-refractivity contribution in [3.05, 3.63) is 23.6 Å². The van der Waals surface area contributed by atoms with E-state index < -0.39 is 6.10 Å². The van der Waals surface area contributed by atoms with Crippen LogP contribution in [0.15, 0.2) is 23.6 Å². The van der Waals surface area contributed by atoms with Gasteiger partial charge in [0, 0.05) is 23.9 Å². The Morgan fingerprint density at radius 2 is 2.06 bits per heavy atom. The Labute approximate surface area is 188 Å². The second kappa shape index (κ2) is 9.39. The average molecular weight is 442 g/mol. The third-order valence-electron chi connectivity index (χ3n) is 6.52. The number of fused-ring (bicyclic) bond motifs is 1. The summed E-state index contributed by atoms with van der Waals surface area (Å²) in [7, 11) is 1.76. The first-order chi connectivity index (χ1) is 15.0. The number of carbonyl (C=O) groups is 2. The average Bonchev–Trinajstić information content (AvgIpc) is 3.24. The van der Waals surface area contributed by atoms with Gasteiger partial charge >= 0.3 is 0 Å². The van der Waals surface area contributed by atoms with Crippen molar-refractivity contribution in [2.45, 2.75) is 64.9 Å². The van der Waals surface area contributed by atoms with E-state index in [9.17, 15) is 9.59 Å². The van der Waals surface area contributed by atoms with Crippen molar-refractivity contribution in [2.75, 3.05) is 17.3 Å². The molecule has 1 aromatic carbocycles. The number of carbonyl (C=O) groups excluding carboxylic acids is 2. The van der Waals surface area contributed by atoms with Crippen molar-refractivity contribution in [3.8, 4) is 17.0 Å². The largest absolute Gasteiger partial charge is 0.479 e. The SMILES string of the molecule is CCCCC1CCC(C(=O)Nc2nc(-c3ccc4c(c3)N(C)C(=O)C(C)O4)cs2)CC1. The molecule has 2 amide bonds. The van der Waals surface area contributed by atoms with Gasteiger partial charge in [-0.2, -0.15) is 0 Å². The molecule has 0 radical (unpaired) electrons. The van der Waals surface area contributed by atoms with Crippen molar-refractivity contribution in [3.63, 3.8) is 0 Å². The standard InChI is InChI=1S/C24H31N3O3S/c1-4-5-6-16-7-9-17(10-8-16)22(28)26-24-25-19(14-31-24)18-11-12-21-20(13-18)27(3)23(29)15(2)30-21/h11-17H,4-10H2,1-3H3,(H,25,26,28). The maximum absolute atomic E-state index is 12.7. The molecule has 1 unspecified atom stereocenters. The number of unbranched alkanes of at least 4 members (excludes halogenated alkanes) is 1. The third-order valence-corrected chi connectivity index (χ3v) is 7.27. The number of rotatable bonds is 6. The molecule has 4 rings (SSSR count). The molecular weight excluding hydrogens is 410 g/mol. The predicted molar refractivity (Wildman–Crippen MR) is 125 cm³/mol.